The van der Waals surface area contributed by atoms with E-state index < -0.39 is 5.51 Å². The van der Waals surface area contributed by atoms with Crippen molar-refractivity contribution in [1.82, 2.24) is 0 Å². The standard InChI is InChI=1S/C14H11BrF3NS/c15-11-2-1-3-12(8-11)19-9-10-4-6-13(7-5-10)20-14(16,17)18/h1-8,19H,9H2. The Kier molecular flexibility index (Phi) is 4.99. The number of benzene rings is 2. The number of halogens is 4. The molecule has 0 heterocycles. The predicted molar refractivity (Wildman–Crippen MR) is 79.8 cm³/mol. The van der Waals surface area contributed by atoms with Crippen molar-refractivity contribution >= 4 is 33.4 Å². The molecule has 0 atom stereocenters. The van der Waals surface area contributed by atoms with Crippen molar-refractivity contribution in [3.8, 4) is 0 Å². The molecule has 0 spiro atoms. The van der Waals surface area contributed by atoms with Crippen molar-refractivity contribution in [2.24, 2.45) is 0 Å². The Morgan fingerprint density at radius 3 is 2.35 bits per heavy atom. The van der Waals surface area contributed by atoms with E-state index >= 15 is 0 Å². The van der Waals surface area contributed by atoms with E-state index in [0.717, 1.165) is 15.7 Å². The van der Waals surface area contributed by atoms with Crippen LogP contribution >= 0.6 is 27.7 Å². The molecule has 20 heavy (non-hydrogen) atoms. The third kappa shape index (κ3) is 5.09. The van der Waals surface area contributed by atoms with Crippen LogP contribution in [0.25, 0.3) is 0 Å². The van der Waals surface area contributed by atoms with Gasteiger partial charge < -0.3 is 5.32 Å². The quantitative estimate of drug-likeness (QED) is 0.703. The highest BCUT2D eigenvalue weighted by Gasteiger charge is 2.28. The van der Waals surface area contributed by atoms with Gasteiger partial charge in [0.2, 0.25) is 0 Å². The molecule has 2 aromatic carbocycles. The van der Waals surface area contributed by atoms with E-state index in [1.807, 2.05) is 24.3 Å². The molecular weight excluding hydrogens is 351 g/mol. The molecule has 0 aromatic heterocycles. The van der Waals surface area contributed by atoms with Crippen LogP contribution in [0.1, 0.15) is 5.56 Å². The summed E-state index contributed by atoms with van der Waals surface area (Å²) >= 11 is 3.28. The summed E-state index contributed by atoms with van der Waals surface area (Å²) in [4.78, 5) is 0.198. The third-order valence-electron chi connectivity index (χ3n) is 2.48. The molecule has 106 valence electrons. The maximum atomic E-state index is 12.2. The molecule has 0 aliphatic rings. The molecule has 1 N–H and O–H groups in total. The van der Waals surface area contributed by atoms with E-state index in [1.54, 1.807) is 12.1 Å². The summed E-state index contributed by atoms with van der Waals surface area (Å²) < 4.78 is 37.6. The van der Waals surface area contributed by atoms with Crippen molar-refractivity contribution in [3.05, 3.63) is 58.6 Å². The zero-order valence-electron chi connectivity index (χ0n) is 10.2. The first-order valence-corrected chi connectivity index (χ1v) is 7.37. The summed E-state index contributed by atoms with van der Waals surface area (Å²) in [6, 6.07) is 14.1. The molecule has 2 aromatic rings. The fourth-order valence-corrected chi connectivity index (χ4v) is 2.55. The van der Waals surface area contributed by atoms with Crippen molar-refractivity contribution < 1.29 is 13.2 Å². The molecule has 0 radical (unpaired) electrons. The molecule has 6 heteroatoms. The van der Waals surface area contributed by atoms with Gasteiger partial charge in [-0.2, -0.15) is 13.2 Å². The molecule has 0 saturated carbocycles. The zero-order chi connectivity index (χ0) is 14.6. The van der Waals surface area contributed by atoms with Crippen LogP contribution in [0.5, 0.6) is 0 Å². The minimum absolute atomic E-state index is 0.101. The second-order valence-corrected chi connectivity index (χ2v) is 6.11. The van der Waals surface area contributed by atoms with E-state index in [0.29, 0.717) is 6.54 Å². The molecule has 0 saturated heterocycles. The van der Waals surface area contributed by atoms with Crippen LogP contribution in [-0.2, 0) is 6.54 Å². The van der Waals surface area contributed by atoms with E-state index in [1.165, 1.54) is 12.1 Å². The second kappa shape index (κ2) is 6.54. The van der Waals surface area contributed by atoms with Crippen LogP contribution in [-0.4, -0.2) is 5.51 Å². The minimum atomic E-state index is -4.24. The lowest BCUT2D eigenvalue weighted by atomic mass is 10.2. The van der Waals surface area contributed by atoms with Gasteiger partial charge in [0.1, 0.15) is 0 Å². The van der Waals surface area contributed by atoms with Gasteiger partial charge in [0.05, 0.1) is 0 Å². The first kappa shape index (κ1) is 15.3. The maximum Gasteiger partial charge on any atom is 0.446 e. The molecule has 0 unspecified atom stereocenters. The highest BCUT2D eigenvalue weighted by molar-refractivity contribution is 9.10. The van der Waals surface area contributed by atoms with Crippen molar-refractivity contribution in [2.45, 2.75) is 16.9 Å². The van der Waals surface area contributed by atoms with Gasteiger partial charge >= 0.3 is 5.51 Å². The highest BCUT2D eigenvalue weighted by Crippen LogP contribution is 2.36. The smallest absolute Gasteiger partial charge is 0.381 e. The molecule has 0 aliphatic carbocycles. The second-order valence-electron chi connectivity index (χ2n) is 4.06. The highest BCUT2D eigenvalue weighted by atomic mass is 79.9. The number of rotatable bonds is 4. The van der Waals surface area contributed by atoms with Gasteiger partial charge in [0.25, 0.3) is 0 Å². The van der Waals surface area contributed by atoms with Gasteiger partial charge in [-0.05, 0) is 47.7 Å². The van der Waals surface area contributed by atoms with Crippen LogP contribution in [0.4, 0.5) is 18.9 Å². The van der Waals surface area contributed by atoms with Crippen molar-refractivity contribution in [2.75, 3.05) is 5.32 Å². The summed E-state index contributed by atoms with van der Waals surface area (Å²) in [5.41, 5.74) is -2.36. The normalized spacial score (nSPS) is 11.4. The molecule has 1 nitrogen and oxygen atoms in total. The van der Waals surface area contributed by atoms with Gasteiger partial charge in [-0.15, -0.1) is 0 Å². The van der Waals surface area contributed by atoms with Crippen LogP contribution in [0.15, 0.2) is 57.9 Å². The first-order valence-electron chi connectivity index (χ1n) is 5.76. The van der Waals surface area contributed by atoms with Crippen molar-refractivity contribution in [1.29, 1.82) is 0 Å². The zero-order valence-corrected chi connectivity index (χ0v) is 12.6. The van der Waals surface area contributed by atoms with Crippen LogP contribution in [0, 0.1) is 0 Å². The van der Waals surface area contributed by atoms with Crippen LogP contribution in [0.3, 0.4) is 0 Å². The fraction of sp³-hybridized carbons (Fsp3) is 0.143. The Morgan fingerprint density at radius 1 is 1.05 bits per heavy atom. The average molecular weight is 362 g/mol. The molecule has 2 rings (SSSR count). The topological polar surface area (TPSA) is 12.0 Å². The van der Waals surface area contributed by atoms with Crippen LogP contribution in [0.2, 0.25) is 0 Å². The minimum Gasteiger partial charge on any atom is -0.381 e. The number of nitrogens with one attached hydrogen (secondary N) is 1. The fourth-order valence-electron chi connectivity index (χ4n) is 1.61. The maximum absolute atomic E-state index is 12.2. The number of thioether (sulfide) groups is 1. The van der Waals surface area contributed by atoms with E-state index in [9.17, 15) is 13.2 Å². The summed E-state index contributed by atoms with van der Waals surface area (Å²) in [5, 5.41) is 3.21. The lowest BCUT2D eigenvalue weighted by Gasteiger charge is -2.09. The molecule has 0 fully saturated rings. The van der Waals surface area contributed by atoms with Crippen molar-refractivity contribution in [3.63, 3.8) is 0 Å². The predicted octanol–water partition coefficient (Wildman–Crippen LogP) is 5.67. The Labute approximate surface area is 127 Å². The summed E-state index contributed by atoms with van der Waals surface area (Å²) in [6.45, 7) is 0.563. The number of alkyl halides is 3. The van der Waals surface area contributed by atoms with Gasteiger partial charge in [0, 0.05) is 21.6 Å². The summed E-state index contributed by atoms with van der Waals surface area (Å²) in [6.07, 6.45) is 0. The van der Waals surface area contributed by atoms with Gasteiger partial charge in [-0.1, -0.05) is 34.1 Å². The molecule has 0 aliphatic heterocycles. The Hall–Kier alpha value is -1.14. The molecule has 0 bridgehead atoms. The van der Waals surface area contributed by atoms with Crippen LogP contribution < -0.4 is 5.32 Å². The monoisotopic (exact) mass is 361 g/mol. The van der Waals surface area contributed by atoms with E-state index in [2.05, 4.69) is 21.2 Å². The SMILES string of the molecule is FC(F)(F)Sc1ccc(CNc2cccc(Br)c2)cc1. The number of anilines is 1. The van der Waals surface area contributed by atoms with Gasteiger partial charge in [-0.25, -0.2) is 0 Å². The largest absolute Gasteiger partial charge is 0.446 e. The third-order valence-corrected chi connectivity index (χ3v) is 3.71. The number of hydrogen-bond acceptors (Lipinski definition) is 2. The molecular formula is C14H11BrF3NS. The lowest BCUT2D eigenvalue weighted by Crippen LogP contribution is -2.00. The Bertz CT molecular complexity index is 569. The van der Waals surface area contributed by atoms with Gasteiger partial charge in [-0.3, -0.25) is 0 Å². The first-order chi connectivity index (χ1) is 9.42. The van der Waals surface area contributed by atoms with E-state index in [-0.39, 0.29) is 16.7 Å². The van der Waals surface area contributed by atoms with Gasteiger partial charge in [0.15, 0.2) is 0 Å². The summed E-state index contributed by atoms with van der Waals surface area (Å²) in [5.74, 6) is 0. The summed E-state index contributed by atoms with van der Waals surface area (Å²) in [7, 11) is 0. The average Bonchev–Trinajstić information content (AvgIpc) is 2.36. The Morgan fingerprint density at radius 2 is 1.75 bits per heavy atom. The number of hydrogen-bond donors (Lipinski definition) is 1. The lowest BCUT2D eigenvalue weighted by molar-refractivity contribution is -0.0328. The Balaban J connectivity index is 1.94. The molecule has 0 amide bonds. The van der Waals surface area contributed by atoms with E-state index in [4.69, 9.17) is 0 Å².